The summed E-state index contributed by atoms with van der Waals surface area (Å²) in [6.45, 7) is 7.20. The number of benzene rings is 1. The van der Waals surface area contributed by atoms with Crippen LogP contribution in [0.2, 0.25) is 0 Å². The highest BCUT2D eigenvalue weighted by Gasteiger charge is 2.25. The summed E-state index contributed by atoms with van der Waals surface area (Å²) < 4.78 is 7.22. The Hall–Kier alpha value is -3.42. The second kappa shape index (κ2) is 9.60. The number of carbonyl (C=O) groups is 2. The Bertz CT molecular complexity index is 1160. The first-order valence-corrected chi connectivity index (χ1v) is 11.4. The lowest BCUT2D eigenvalue weighted by Gasteiger charge is -2.32. The summed E-state index contributed by atoms with van der Waals surface area (Å²) in [6.07, 6.45) is 3.52. The first kappa shape index (κ1) is 22.8. The summed E-state index contributed by atoms with van der Waals surface area (Å²) in [6, 6.07) is 9.69. The molecule has 1 aliphatic rings. The van der Waals surface area contributed by atoms with Crippen LogP contribution in [0.15, 0.2) is 36.5 Å². The molecule has 1 aromatic carbocycles. The van der Waals surface area contributed by atoms with Crippen molar-refractivity contribution in [3.05, 3.63) is 53.3 Å². The average molecular weight is 450 g/mol. The van der Waals surface area contributed by atoms with Gasteiger partial charge in [-0.15, -0.1) is 0 Å². The topological polar surface area (TPSA) is 89.4 Å². The van der Waals surface area contributed by atoms with Gasteiger partial charge in [0.2, 0.25) is 5.91 Å². The van der Waals surface area contributed by atoms with Crippen molar-refractivity contribution in [3.63, 3.8) is 0 Å². The monoisotopic (exact) mass is 449 g/mol. The number of piperidine rings is 1. The number of hydrogen-bond acceptors (Lipinski definition) is 5. The van der Waals surface area contributed by atoms with Gasteiger partial charge in [-0.1, -0.05) is 18.2 Å². The number of pyridine rings is 1. The third kappa shape index (κ3) is 4.84. The number of amides is 2. The number of fused-ring (bicyclic) bond motifs is 1. The van der Waals surface area contributed by atoms with Crippen molar-refractivity contribution >= 4 is 22.8 Å². The molecule has 4 rings (SSSR count). The van der Waals surface area contributed by atoms with Crippen LogP contribution in [0.25, 0.3) is 11.0 Å². The zero-order valence-electron chi connectivity index (χ0n) is 19.7. The normalized spacial score (nSPS) is 14.6. The van der Waals surface area contributed by atoms with Crippen LogP contribution < -0.4 is 10.1 Å². The van der Waals surface area contributed by atoms with Crippen LogP contribution in [0.5, 0.6) is 5.75 Å². The SMILES string of the molecule is COc1ccccc1CC(=O)N1CCC(NC(=O)c2cc3cnn(C(C)C)c3nc2C)CC1. The number of nitrogens with one attached hydrogen (secondary N) is 1. The van der Waals surface area contributed by atoms with Gasteiger partial charge in [-0.3, -0.25) is 9.59 Å². The van der Waals surface area contributed by atoms with E-state index in [9.17, 15) is 9.59 Å². The number of likely N-dealkylation sites (tertiary alicyclic amines) is 1. The molecule has 0 unspecified atom stereocenters. The Morgan fingerprint density at radius 3 is 2.64 bits per heavy atom. The zero-order valence-corrected chi connectivity index (χ0v) is 19.7. The van der Waals surface area contributed by atoms with E-state index in [1.54, 1.807) is 13.3 Å². The third-order valence-electron chi connectivity index (χ3n) is 6.21. The molecule has 3 heterocycles. The van der Waals surface area contributed by atoms with E-state index in [1.165, 1.54) is 0 Å². The minimum absolute atomic E-state index is 0.0290. The molecule has 174 valence electrons. The smallest absolute Gasteiger partial charge is 0.253 e. The first-order chi connectivity index (χ1) is 15.9. The van der Waals surface area contributed by atoms with Gasteiger partial charge in [-0.25, -0.2) is 9.67 Å². The molecule has 1 saturated heterocycles. The fraction of sp³-hybridized carbons (Fsp3) is 0.440. The molecule has 0 bridgehead atoms. The van der Waals surface area contributed by atoms with E-state index >= 15 is 0 Å². The molecule has 0 atom stereocenters. The van der Waals surface area contributed by atoms with Crippen molar-refractivity contribution in [1.82, 2.24) is 25.0 Å². The second-order valence-corrected chi connectivity index (χ2v) is 8.83. The number of methoxy groups -OCH3 is 1. The minimum atomic E-state index is -0.127. The van der Waals surface area contributed by atoms with Gasteiger partial charge in [0.1, 0.15) is 5.75 Å². The third-order valence-corrected chi connectivity index (χ3v) is 6.21. The predicted octanol–water partition coefficient (Wildman–Crippen LogP) is 3.29. The highest BCUT2D eigenvalue weighted by molar-refractivity contribution is 5.98. The van der Waals surface area contributed by atoms with Crippen LogP contribution in [-0.4, -0.2) is 57.7 Å². The summed E-state index contributed by atoms with van der Waals surface area (Å²) in [5.74, 6) is 0.683. The maximum atomic E-state index is 13.0. The van der Waals surface area contributed by atoms with E-state index in [4.69, 9.17) is 4.74 Å². The number of hydrogen-bond donors (Lipinski definition) is 1. The standard InChI is InChI=1S/C25H31N5O3/c1-16(2)30-24-19(15-26-30)13-21(17(3)27-24)25(32)28-20-9-11-29(12-10-20)23(31)14-18-7-5-6-8-22(18)33-4/h5-8,13,15-16,20H,9-12,14H2,1-4H3,(H,28,32). The predicted molar refractivity (Wildman–Crippen MR) is 126 cm³/mol. The summed E-state index contributed by atoms with van der Waals surface area (Å²) in [5.41, 5.74) is 2.94. The molecule has 2 aromatic heterocycles. The van der Waals surface area contributed by atoms with Crippen LogP contribution in [0, 0.1) is 6.92 Å². The fourth-order valence-electron chi connectivity index (χ4n) is 4.33. The van der Waals surface area contributed by atoms with Gasteiger partial charge in [0.15, 0.2) is 5.65 Å². The number of ether oxygens (including phenoxy) is 1. The number of para-hydroxylation sites is 1. The molecule has 1 N–H and O–H groups in total. The molecular weight excluding hydrogens is 418 g/mol. The lowest BCUT2D eigenvalue weighted by molar-refractivity contribution is -0.131. The molecule has 0 radical (unpaired) electrons. The van der Waals surface area contributed by atoms with Gasteiger partial charge in [-0.05, 0) is 45.7 Å². The first-order valence-electron chi connectivity index (χ1n) is 11.4. The maximum absolute atomic E-state index is 13.0. The number of aromatic nitrogens is 3. The summed E-state index contributed by atoms with van der Waals surface area (Å²) in [7, 11) is 1.61. The lowest BCUT2D eigenvalue weighted by atomic mass is 10.0. The molecule has 0 aliphatic carbocycles. The molecule has 1 fully saturated rings. The fourth-order valence-corrected chi connectivity index (χ4v) is 4.33. The number of nitrogens with zero attached hydrogens (tertiary/aromatic N) is 4. The van der Waals surface area contributed by atoms with E-state index in [0.29, 0.717) is 30.8 Å². The average Bonchev–Trinajstić information content (AvgIpc) is 3.22. The van der Waals surface area contributed by atoms with E-state index in [1.807, 2.05) is 46.8 Å². The molecule has 3 aromatic rings. The maximum Gasteiger partial charge on any atom is 0.253 e. The second-order valence-electron chi connectivity index (χ2n) is 8.83. The zero-order chi connectivity index (χ0) is 23.5. The van der Waals surface area contributed by atoms with Gasteiger partial charge in [0.25, 0.3) is 5.91 Å². The van der Waals surface area contributed by atoms with Crippen molar-refractivity contribution in [2.24, 2.45) is 0 Å². The molecule has 8 heteroatoms. The van der Waals surface area contributed by atoms with Crippen molar-refractivity contribution in [1.29, 1.82) is 0 Å². The van der Waals surface area contributed by atoms with Crippen molar-refractivity contribution in [3.8, 4) is 5.75 Å². The van der Waals surface area contributed by atoms with Crippen molar-refractivity contribution in [2.75, 3.05) is 20.2 Å². The Kier molecular flexibility index (Phi) is 6.62. The molecule has 1 aliphatic heterocycles. The van der Waals surface area contributed by atoms with Gasteiger partial charge in [0.05, 0.1) is 31.0 Å². The van der Waals surface area contributed by atoms with Gasteiger partial charge in [-0.2, -0.15) is 5.10 Å². The molecule has 0 saturated carbocycles. The van der Waals surface area contributed by atoms with E-state index < -0.39 is 0 Å². The molecule has 8 nitrogen and oxygen atoms in total. The number of carbonyl (C=O) groups excluding carboxylic acids is 2. The highest BCUT2D eigenvalue weighted by Crippen LogP contribution is 2.22. The van der Waals surface area contributed by atoms with Crippen LogP contribution in [0.1, 0.15) is 54.3 Å². The summed E-state index contributed by atoms with van der Waals surface area (Å²) in [5, 5.41) is 8.39. The molecular formula is C25H31N5O3. The van der Waals surface area contributed by atoms with Crippen molar-refractivity contribution in [2.45, 2.75) is 52.1 Å². The van der Waals surface area contributed by atoms with E-state index in [-0.39, 0.29) is 23.9 Å². The highest BCUT2D eigenvalue weighted by atomic mass is 16.5. The van der Waals surface area contributed by atoms with E-state index in [0.717, 1.165) is 35.2 Å². The van der Waals surface area contributed by atoms with Crippen LogP contribution in [0.4, 0.5) is 0 Å². The van der Waals surface area contributed by atoms with Crippen molar-refractivity contribution < 1.29 is 14.3 Å². The molecule has 33 heavy (non-hydrogen) atoms. The van der Waals surface area contributed by atoms with E-state index in [2.05, 4.69) is 29.2 Å². The van der Waals surface area contributed by atoms with Crippen LogP contribution in [-0.2, 0) is 11.2 Å². The number of aryl methyl sites for hydroxylation is 1. The van der Waals surface area contributed by atoms with Gasteiger partial charge < -0.3 is 15.0 Å². The quantitative estimate of drug-likeness (QED) is 0.624. The van der Waals surface area contributed by atoms with Gasteiger partial charge >= 0.3 is 0 Å². The molecule has 0 spiro atoms. The molecule has 2 amide bonds. The minimum Gasteiger partial charge on any atom is -0.496 e. The number of rotatable bonds is 6. The Morgan fingerprint density at radius 1 is 1.21 bits per heavy atom. The summed E-state index contributed by atoms with van der Waals surface area (Å²) in [4.78, 5) is 32.3. The Morgan fingerprint density at radius 2 is 1.94 bits per heavy atom. The van der Waals surface area contributed by atoms with Gasteiger partial charge in [0, 0.05) is 36.1 Å². The summed E-state index contributed by atoms with van der Waals surface area (Å²) >= 11 is 0. The Labute approximate surface area is 193 Å². The Balaban J connectivity index is 1.35. The van der Waals surface area contributed by atoms with Crippen LogP contribution >= 0.6 is 0 Å². The van der Waals surface area contributed by atoms with Crippen LogP contribution in [0.3, 0.4) is 0 Å². The largest absolute Gasteiger partial charge is 0.496 e. The lowest BCUT2D eigenvalue weighted by Crippen LogP contribution is -2.47.